The summed E-state index contributed by atoms with van der Waals surface area (Å²) >= 11 is 6.08. The molecule has 2 N–H and O–H groups in total. The number of para-hydroxylation sites is 1. The lowest BCUT2D eigenvalue weighted by Gasteiger charge is -2.38. The number of nitrogens with one attached hydrogen (secondary N) is 2. The molecule has 38 heavy (non-hydrogen) atoms. The Kier molecular flexibility index (Phi) is 4.57. The first-order valence-electron chi connectivity index (χ1n) is 12.0. The highest BCUT2D eigenvalue weighted by Gasteiger charge is 2.77. The Morgan fingerprint density at radius 3 is 2.39 bits per heavy atom. The zero-order valence-electron chi connectivity index (χ0n) is 20.0. The second-order valence-electron chi connectivity index (χ2n) is 9.40. The number of anilines is 2. The third kappa shape index (κ3) is 2.56. The van der Waals surface area contributed by atoms with E-state index in [4.69, 9.17) is 21.1 Å². The van der Waals surface area contributed by atoms with Gasteiger partial charge in [-0.15, -0.1) is 0 Å². The van der Waals surface area contributed by atoms with Gasteiger partial charge in [-0.25, -0.2) is 4.79 Å². The molecule has 0 saturated heterocycles. The molecule has 4 aromatic rings. The highest BCUT2D eigenvalue weighted by molar-refractivity contribution is 6.30. The Morgan fingerprint density at radius 1 is 0.921 bits per heavy atom. The van der Waals surface area contributed by atoms with Crippen LogP contribution < -0.4 is 10.6 Å². The lowest BCUT2D eigenvalue weighted by Crippen LogP contribution is -2.56. The average molecular weight is 523 g/mol. The molecule has 0 aromatic heterocycles. The van der Waals surface area contributed by atoms with Gasteiger partial charge in [-0.1, -0.05) is 66.2 Å². The van der Waals surface area contributed by atoms with Crippen molar-refractivity contribution < 1.29 is 23.9 Å². The highest BCUT2D eigenvalue weighted by atomic mass is 35.5. The van der Waals surface area contributed by atoms with E-state index in [1.54, 1.807) is 66.7 Å². The third-order valence-corrected chi connectivity index (χ3v) is 7.90. The number of rotatable bonds is 3. The van der Waals surface area contributed by atoms with Gasteiger partial charge in [-0.3, -0.25) is 9.59 Å². The normalized spacial score (nSPS) is 22.7. The van der Waals surface area contributed by atoms with Gasteiger partial charge < -0.3 is 20.1 Å². The maximum Gasteiger partial charge on any atom is 0.340 e. The molecule has 4 aromatic carbocycles. The molecule has 1 amide bonds. The first-order chi connectivity index (χ1) is 18.4. The number of carbonyl (C=O) groups excluding carboxylic acids is 3. The van der Waals surface area contributed by atoms with E-state index in [9.17, 15) is 14.4 Å². The summed E-state index contributed by atoms with van der Waals surface area (Å²) in [5.41, 5.74) is -1.42. The predicted molar refractivity (Wildman–Crippen MR) is 142 cm³/mol. The fraction of sp³-hybridized carbons (Fsp3) is 0.100. The number of Topliss-reactive ketones (excluding diaryl/α,β-unsaturated/α-hetero) is 1. The zero-order valence-corrected chi connectivity index (χ0v) is 20.8. The quantitative estimate of drug-likeness (QED) is 0.355. The van der Waals surface area contributed by atoms with Gasteiger partial charge in [-0.05, 0) is 35.7 Å². The summed E-state index contributed by atoms with van der Waals surface area (Å²) in [7, 11) is 1.23. The molecule has 7 nitrogen and oxygen atoms in total. The first-order valence-corrected chi connectivity index (χ1v) is 12.3. The standard InChI is InChI=1S/C30H19ClN2O5/c1-37-27(35)24-26(32-18-14-12-17(31)13-15-18)38-30(29(24)20-9-2-3-11-22(20)33-28(29)36)21-10-5-7-16-6-4-8-19(23(16)21)25(30)34/h2-15,32H,1H3,(H,33,36). The maximum atomic E-state index is 14.6. The van der Waals surface area contributed by atoms with Gasteiger partial charge in [0.25, 0.3) is 0 Å². The van der Waals surface area contributed by atoms with Crippen LogP contribution in [0, 0.1) is 0 Å². The van der Waals surface area contributed by atoms with Crippen LogP contribution >= 0.6 is 11.6 Å². The highest BCUT2D eigenvalue weighted by Crippen LogP contribution is 2.65. The van der Waals surface area contributed by atoms with Crippen LogP contribution in [0.1, 0.15) is 21.5 Å². The molecular formula is C30H19ClN2O5. The van der Waals surface area contributed by atoms with E-state index in [2.05, 4.69) is 10.6 Å². The number of benzene rings is 4. The van der Waals surface area contributed by atoms with Gasteiger partial charge in [0.05, 0.1) is 7.11 Å². The molecule has 2 atom stereocenters. The van der Waals surface area contributed by atoms with Crippen molar-refractivity contribution in [3.8, 4) is 0 Å². The second-order valence-corrected chi connectivity index (χ2v) is 9.84. The van der Waals surface area contributed by atoms with Gasteiger partial charge in [0.1, 0.15) is 5.57 Å². The van der Waals surface area contributed by atoms with Crippen LogP contribution in [0.5, 0.6) is 0 Å². The molecule has 0 bridgehead atoms. The molecule has 186 valence electrons. The number of ketones is 1. The molecule has 0 radical (unpaired) electrons. The topological polar surface area (TPSA) is 93.7 Å². The molecule has 2 heterocycles. The third-order valence-electron chi connectivity index (χ3n) is 7.65. The molecule has 2 spiro atoms. The van der Waals surface area contributed by atoms with Gasteiger partial charge in [0, 0.05) is 38.5 Å². The average Bonchev–Trinajstić information content (AvgIpc) is 3.50. The van der Waals surface area contributed by atoms with Crippen LogP contribution in [-0.4, -0.2) is 24.8 Å². The summed E-state index contributed by atoms with van der Waals surface area (Å²) < 4.78 is 11.9. The molecule has 2 unspecified atom stereocenters. The lowest BCUT2D eigenvalue weighted by molar-refractivity contribution is -0.139. The minimum atomic E-state index is -1.90. The number of carbonyl (C=O) groups is 3. The van der Waals surface area contributed by atoms with E-state index in [0.717, 1.165) is 5.39 Å². The minimum Gasteiger partial charge on any atom is -0.465 e. The first kappa shape index (κ1) is 22.6. The van der Waals surface area contributed by atoms with Crippen LogP contribution in [0.2, 0.25) is 5.02 Å². The van der Waals surface area contributed by atoms with Crippen molar-refractivity contribution in [1.82, 2.24) is 0 Å². The zero-order chi connectivity index (χ0) is 26.2. The number of halogens is 1. The molecule has 2 aliphatic heterocycles. The fourth-order valence-corrected chi connectivity index (χ4v) is 6.32. The summed E-state index contributed by atoms with van der Waals surface area (Å²) in [4.78, 5) is 42.5. The Labute approximate surface area is 222 Å². The van der Waals surface area contributed by atoms with Crippen molar-refractivity contribution in [3.63, 3.8) is 0 Å². The smallest absolute Gasteiger partial charge is 0.340 e. The molecule has 8 heteroatoms. The molecule has 0 saturated carbocycles. The van der Waals surface area contributed by atoms with Crippen LogP contribution in [0.15, 0.2) is 96.4 Å². The van der Waals surface area contributed by atoms with Gasteiger partial charge >= 0.3 is 5.97 Å². The number of methoxy groups -OCH3 is 1. The maximum absolute atomic E-state index is 14.6. The monoisotopic (exact) mass is 522 g/mol. The summed E-state index contributed by atoms with van der Waals surface area (Å²) in [6.45, 7) is 0. The number of hydrogen-bond acceptors (Lipinski definition) is 6. The predicted octanol–water partition coefficient (Wildman–Crippen LogP) is 5.30. The Balaban J connectivity index is 1.60. The SMILES string of the molecule is COC(=O)C1=C(Nc2ccc(Cl)cc2)OC2(C(=O)c3cccc4cccc2c34)C12C(=O)Nc1ccccc12. The largest absolute Gasteiger partial charge is 0.465 e. The van der Waals surface area contributed by atoms with Crippen molar-refractivity contribution in [2.75, 3.05) is 17.7 Å². The van der Waals surface area contributed by atoms with Crippen molar-refractivity contribution in [2.24, 2.45) is 0 Å². The summed E-state index contributed by atoms with van der Waals surface area (Å²) in [5.74, 6) is -1.79. The van der Waals surface area contributed by atoms with Crippen molar-refractivity contribution in [2.45, 2.75) is 11.0 Å². The minimum absolute atomic E-state index is 0.0378. The Hall–Kier alpha value is -4.62. The van der Waals surface area contributed by atoms with E-state index in [-0.39, 0.29) is 11.5 Å². The fourth-order valence-electron chi connectivity index (χ4n) is 6.19. The van der Waals surface area contributed by atoms with E-state index in [1.165, 1.54) is 7.11 Å². The van der Waals surface area contributed by atoms with Crippen LogP contribution in [0.4, 0.5) is 11.4 Å². The van der Waals surface area contributed by atoms with Crippen molar-refractivity contribution in [1.29, 1.82) is 0 Å². The molecule has 1 aliphatic carbocycles. The van der Waals surface area contributed by atoms with Gasteiger partial charge in [0.15, 0.2) is 5.41 Å². The van der Waals surface area contributed by atoms with Crippen molar-refractivity contribution in [3.05, 3.63) is 118 Å². The van der Waals surface area contributed by atoms with E-state index in [1.807, 2.05) is 18.2 Å². The number of amides is 1. The second kappa shape index (κ2) is 7.69. The molecular weight excluding hydrogens is 504 g/mol. The van der Waals surface area contributed by atoms with E-state index in [0.29, 0.717) is 38.5 Å². The van der Waals surface area contributed by atoms with Crippen LogP contribution in [0.3, 0.4) is 0 Å². The number of ether oxygens (including phenoxy) is 2. The number of hydrogen-bond donors (Lipinski definition) is 2. The molecule has 3 aliphatic rings. The summed E-state index contributed by atoms with van der Waals surface area (Å²) in [6, 6.07) is 24.7. The van der Waals surface area contributed by atoms with Crippen LogP contribution in [0.25, 0.3) is 10.8 Å². The van der Waals surface area contributed by atoms with Crippen molar-refractivity contribution >= 4 is 51.4 Å². The van der Waals surface area contributed by atoms with E-state index >= 15 is 0 Å². The van der Waals surface area contributed by atoms with Crippen LogP contribution in [-0.2, 0) is 30.1 Å². The summed E-state index contributed by atoms with van der Waals surface area (Å²) in [5, 5.41) is 8.08. The number of esters is 1. The van der Waals surface area contributed by atoms with Gasteiger partial charge in [-0.2, -0.15) is 0 Å². The Bertz CT molecular complexity index is 1760. The molecule has 0 fully saturated rings. The summed E-state index contributed by atoms with van der Waals surface area (Å²) in [6.07, 6.45) is 0. The lowest BCUT2D eigenvalue weighted by atomic mass is 9.61. The molecule has 7 rings (SSSR count). The van der Waals surface area contributed by atoms with E-state index < -0.39 is 28.7 Å². The number of fused-ring (bicyclic) bond motifs is 4. The Morgan fingerprint density at radius 2 is 1.63 bits per heavy atom. The van der Waals surface area contributed by atoms with Gasteiger partial charge in [0.2, 0.25) is 23.2 Å².